The minimum Gasteiger partial charge on any atom is -0.387 e. The zero-order chi connectivity index (χ0) is 13.4. The molecule has 7 heteroatoms. The van der Waals surface area contributed by atoms with Gasteiger partial charge in [0, 0.05) is 5.25 Å². The van der Waals surface area contributed by atoms with Crippen LogP contribution >= 0.6 is 23.1 Å². The van der Waals surface area contributed by atoms with Crippen molar-refractivity contribution in [2.45, 2.75) is 22.1 Å². The van der Waals surface area contributed by atoms with Gasteiger partial charge in [0.1, 0.15) is 0 Å². The largest absolute Gasteiger partial charge is 0.387 e. The Bertz CT molecular complexity index is 664. The monoisotopic (exact) mass is 290 g/mol. The van der Waals surface area contributed by atoms with Crippen LogP contribution in [0.4, 0.5) is 5.13 Å². The molecule has 0 saturated carbocycles. The summed E-state index contributed by atoms with van der Waals surface area (Å²) in [5.41, 5.74) is 8.09. The van der Waals surface area contributed by atoms with Crippen molar-refractivity contribution in [3.8, 4) is 6.07 Å². The smallest absolute Gasteiger partial charge is 0.203 e. The summed E-state index contributed by atoms with van der Waals surface area (Å²) < 4.78 is 0.759. The molecule has 1 heterocycles. The van der Waals surface area contributed by atoms with Gasteiger partial charge >= 0.3 is 0 Å². The zero-order valence-electron chi connectivity index (χ0n) is 9.78. The predicted octanol–water partition coefficient (Wildman–Crippen LogP) is 1.74. The molecule has 1 aliphatic carbocycles. The quantitative estimate of drug-likeness (QED) is 0.874. The van der Waals surface area contributed by atoms with Crippen LogP contribution in [0, 0.1) is 11.3 Å². The Labute approximate surface area is 118 Å². The van der Waals surface area contributed by atoms with Crippen molar-refractivity contribution >= 4 is 28.2 Å². The molecule has 0 spiro atoms. The number of aliphatic hydroxyl groups excluding tert-OH is 1. The molecule has 5 nitrogen and oxygen atoms in total. The number of fused-ring (bicyclic) bond motifs is 1. The van der Waals surface area contributed by atoms with Crippen LogP contribution < -0.4 is 5.73 Å². The highest BCUT2D eigenvalue weighted by Crippen LogP contribution is 2.42. The Hall–Kier alpha value is -1.62. The first kappa shape index (κ1) is 12.4. The fourth-order valence-electron chi connectivity index (χ4n) is 2.17. The number of rotatable bonds is 2. The normalized spacial score (nSPS) is 21.1. The van der Waals surface area contributed by atoms with E-state index in [2.05, 4.69) is 16.3 Å². The zero-order valence-corrected chi connectivity index (χ0v) is 11.4. The van der Waals surface area contributed by atoms with Gasteiger partial charge in [0.05, 0.1) is 17.7 Å². The lowest BCUT2D eigenvalue weighted by molar-refractivity contribution is 0.185. The molecule has 0 amide bonds. The van der Waals surface area contributed by atoms with Crippen molar-refractivity contribution in [2.75, 3.05) is 5.73 Å². The Balaban J connectivity index is 1.82. The van der Waals surface area contributed by atoms with Crippen LogP contribution in [0.2, 0.25) is 0 Å². The van der Waals surface area contributed by atoms with Gasteiger partial charge in [-0.15, -0.1) is 10.2 Å². The van der Waals surface area contributed by atoms with E-state index < -0.39 is 6.10 Å². The van der Waals surface area contributed by atoms with E-state index in [1.165, 1.54) is 23.1 Å². The minimum atomic E-state index is -0.544. The molecule has 0 fully saturated rings. The molecular weight excluding hydrogens is 280 g/mol. The molecule has 0 bridgehead atoms. The van der Waals surface area contributed by atoms with E-state index in [1.54, 1.807) is 6.07 Å². The Kier molecular flexibility index (Phi) is 3.14. The number of aromatic nitrogens is 2. The van der Waals surface area contributed by atoms with E-state index in [0.29, 0.717) is 10.7 Å². The molecule has 1 aromatic heterocycles. The molecule has 0 unspecified atom stereocenters. The van der Waals surface area contributed by atoms with Crippen molar-refractivity contribution < 1.29 is 5.11 Å². The second-order valence-corrected chi connectivity index (χ2v) is 6.73. The minimum absolute atomic E-state index is 0.00343. The fraction of sp³-hybridized carbons (Fsp3) is 0.250. The van der Waals surface area contributed by atoms with Crippen molar-refractivity contribution in [1.82, 2.24) is 10.2 Å². The highest BCUT2D eigenvalue weighted by Gasteiger charge is 2.32. The van der Waals surface area contributed by atoms with E-state index in [4.69, 9.17) is 11.0 Å². The van der Waals surface area contributed by atoms with Crippen molar-refractivity contribution in [3.05, 3.63) is 34.9 Å². The van der Waals surface area contributed by atoms with E-state index in [1.807, 2.05) is 12.1 Å². The molecule has 2 aromatic rings. The summed E-state index contributed by atoms with van der Waals surface area (Å²) in [4.78, 5) is 0. The second-order valence-electron chi connectivity index (χ2n) is 4.24. The average molecular weight is 290 g/mol. The third-order valence-corrected chi connectivity index (χ3v) is 5.13. The molecule has 1 aliphatic rings. The Morgan fingerprint density at radius 3 is 3.00 bits per heavy atom. The first-order valence-corrected chi connectivity index (χ1v) is 7.33. The van der Waals surface area contributed by atoms with E-state index in [9.17, 15) is 5.11 Å². The summed E-state index contributed by atoms with van der Waals surface area (Å²) in [7, 11) is 0. The number of hydrogen-bond acceptors (Lipinski definition) is 7. The summed E-state index contributed by atoms with van der Waals surface area (Å²) >= 11 is 2.80. The van der Waals surface area contributed by atoms with Gasteiger partial charge < -0.3 is 10.8 Å². The van der Waals surface area contributed by atoms with Gasteiger partial charge in [0.2, 0.25) is 5.13 Å². The van der Waals surface area contributed by atoms with Crippen LogP contribution in [0.5, 0.6) is 0 Å². The summed E-state index contributed by atoms with van der Waals surface area (Å²) in [5, 5.41) is 27.3. The number of thioether (sulfide) groups is 1. The van der Waals surface area contributed by atoms with Crippen LogP contribution in [-0.4, -0.2) is 20.6 Å². The Morgan fingerprint density at radius 2 is 2.32 bits per heavy atom. The first-order valence-electron chi connectivity index (χ1n) is 5.64. The highest BCUT2D eigenvalue weighted by atomic mass is 32.2. The predicted molar refractivity (Wildman–Crippen MR) is 73.8 cm³/mol. The lowest BCUT2D eigenvalue weighted by Gasteiger charge is -2.12. The van der Waals surface area contributed by atoms with Gasteiger partial charge in [-0.3, -0.25) is 0 Å². The summed E-state index contributed by atoms with van der Waals surface area (Å²) in [6.45, 7) is 0. The third kappa shape index (κ3) is 2.30. The maximum Gasteiger partial charge on any atom is 0.203 e. The average Bonchev–Trinajstić information content (AvgIpc) is 2.95. The van der Waals surface area contributed by atoms with Gasteiger partial charge in [0.15, 0.2) is 4.34 Å². The van der Waals surface area contributed by atoms with Crippen molar-refractivity contribution in [1.29, 1.82) is 5.26 Å². The fourth-order valence-corrected chi connectivity index (χ4v) is 4.22. The number of aliphatic hydroxyl groups is 1. The van der Waals surface area contributed by atoms with E-state index in [-0.39, 0.29) is 5.25 Å². The number of nitrogens with two attached hydrogens (primary N) is 1. The van der Waals surface area contributed by atoms with Crippen LogP contribution in [0.3, 0.4) is 0 Å². The number of nitriles is 1. The van der Waals surface area contributed by atoms with E-state index >= 15 is 0 Å². The number of nitrogens with zero attached hydrogens (tertiary/aromatic N) is 3. The number of hydrogen-bond donors (Lipinski definition) is 2. The topological polar surface area (TPSA) is 95.8 Å². The molecular formula is C12H10N4OS2. The van der Waals surface area contributed by atoms with Gasteiger partial charge in [-0.25, -0.2) is 0 Å². The standard InChI is InChI=1S/C12H10N4OS2/c13-5-6-1-2-8-7(3-6)4-9(10(8)17)18-12-16-15-11(14)19-12/h1-3,9-10,17H,4H2,(H2,14,15)/t9-,10+/m1/s1. The molecule has 3 rings (SSSR count). The van der Waals surface area contributed by atoms with Gasteiger partial charge in [-0.05, 0) is 29.7 Å². The molecule has 1 aromatic carbocycles. The molecule has 3 N–H and O–H groups in total. The van der Waals surface area contributed by atoms with Crippen LogP contribution in [0.1, 0.15) is 22.8 Å². The lowest BCUT2D eigenvalue weighted by Crippen LogP contribution is -2.08. The summed E-state index contributed by atoms with van der Waals surface area (Å²) in [6.07, 6.45) is 0.175. The highest BCUT2D eigenvalue weighted by molar-refractivity contribution is 8.01. The first-order chi connectivity index (χ1) is 9.17. The van der Waals surface area contributed by atoms with E-state index in [0.717, 1.165) is 21.9 Å². The molecule has 0 radical (unpaired) electrons. The van der Waals surface area contributed by atoms with Crippen molar-refractivity contribution in [2.24, 2.45) is 0 Å². The molecule has 19 heavy (non-hydrogen) atoms. The maximum atomic E-state index is 10.3. The molecule has 2 atom stereocenters. The van der Waals surface area contributed by atoms with Crippen LogP contribution in [0.15, 0.2) is 22.5 Å². The third-order valence-electron chi connectivity index (χ3n) is 3.04. The molecule has 0 aliphatic heterocycles. The SMILES string of the molecule is N#Cc1ccc2c(c1)C[C@@H](Sc1nnc(N)s1)[C@H]2O. The number of anilines is 1. The van der Waals surface area contributed by atoms with Crippen LogP contribution in [0.25, 0.3) is 0 Å². The number of benzene rings is 1. The molecule has 96 valence electrons. The Morgan fingerprint density at radius 1 is 1.47 bits per heavy atom. The summed E-state index contributed by atoms with van der Waals surface area (Å²) in [6, 6.07) is 7.52. The van der Waals surface area contributed by atoms with Crippen molar-refractivity contribution in [3.63, 3.8) is 0 Å². The second kappa shape index (κ2) is 4.81. The maximum absolute atomic E-state index is 10.3. The van der Waals surface area contributed by atoms with Crippen LogP contribution in [-0.2, 0) is 6.42 Å². The number of nitrogen functional groups attached to an aromatic ring is 1. The molecule has 0 saturated heterocycles. The van der Waals surface area contributed by atoms with Gasteiger partial charge in [-0.1, -0.05) is 29.2 Å². The van der Waals surface area contributed by atoms with Gasteiger partial charge in [-0.2, -0.15) is 5.26 Å². The summed E-state index contributed by atoms with van der Waals surface area (Å²) in [5.74, 6) is 0. The lowest BCUT2D eigenvalue weighted by atomic mass is 10.1. The van der Waals surface area contributed by atoms with Gasteiger partial charge in [0.25, 0.3) is 0 Å².